The van der Waals surface area contributed by atoms with E-state index < -0.39 is 0 Å². The van der Waals surface area contributed by atoms with Gasteiger partial charge in [-0.05, 0) is 43.3 Å². The molecule has 0 amide bonds. The number of hydrogen-bond donors (Lipinski definition) is 1. The molecule has 2 rings (SSSR count). The van der Waals surface area contributed by atoms with Crippen LogP contribution in [0.2, 0.25) is 0 Å². The van der Waals surface area contributed by atoms with Crippen molar-refractivity contribution in [3.63, 3.8) is 0 Å². The molecule has 0 aliphatic carbocycles. The van der Waals surface area contributed by atoms with Crippen LogP contribution in [0.5, 0.6) is 5.75 Å². The van der Waals surface area contributed by atoms with E-state index in [4.69, 9.17) is 4.74 Å². The molecule has 3 heteroatoms. The van der Waals surface area contributed by atoms with Gasteiger partial charge < -0.3 is 10.1 Å². The van der Waals surface area contributed by atoms with Gasteiger partial charge in [-0.2, -0.15) is 0 Å². The third kappa shape index (κ3) is 3.55. The first kappa shape index (κ1) is 13.6. The molecule has 19 heavy (non-hydrogen) atoms. The molecule has 0 aliphatic rings. The summed E-state index contributed by atoms with van der Waals surface area (Å²) in [7, 11) is 1.97. The second-order valence-electron chi connectivity index (χ2n) is 4.40. The topological polar surface area (TPSA) is 34.1 Å². The average molecular weight is 256 g/mol. The first-order chi connectivity index (χ1) is 9.35. The number of pyridine rings is 1. The van der Waals surface area contributed by atoms with Gasteiger partial charge in [0.15, 0.2) is 0 Å². The zero-order chi connectivity index (χ0) is 13.5. The molecule has 0 bridgehead atoms. The third-order valence-electron chi connectivity index (χ3n) is 3.09. The van der Waals surface area contributed by atoms with Crippen molar-refractivity contribution in [3.05, 3.63) is 59.9 Å². The van der Waals surface area contributed by atoms with Crippen molar-refractivity contribution in [3.8, 4) is 5.75 Å². The van der Waals surface area contributed by atoms with Gasteiger partial charge in [-0.3, -0.25) is 4.98 Å². The van der Waals surface area contributed by atoms with E-state index in [0.29, 0.717) is 12.5 Å². The van der Waals surface area contributed by atoms with Gasteiger partial charge in [0.25, 0.3) is 0 Å². The molecule has 0 radical (unpaired) electrons. The zero-order valence-corrected chi connectivity index (χ0v) is 11.5. The van der Waals surface area contributed by atoms with Crippen molar-refractivity contribution < 1.29 is 4.74 Å². The van der Waals surface area contributed by atoms with Crippen LogP contribution in [0.15, 0.2) is 48.8 Å². The van der Waals surface area contributed by atoms with E-state index in [-0.39, 0.29) is 0 Å². The summed E-state index contributed by atoms with van der Waals surface area (Å²) in [4.78, 5) is 4.21. The highest BCUT2D eigenvalue weighted by Crippen LogP contribution is 2.25. The van der Waals surface area contributed by atoms with Crippen molar-refractivity contribution in [2.45, 2.75) is 12.8 Å². The maximum absolute atomic E-state index is 5.48. The number of nitrogens with zero attached hydrogens (tertiary/aromatic N) is 1. The van der Waals surface area contributed by atoms with E-state index in [2.05, 4.69) is 28.5 Å². The molecular weight excluding hydrogens is 236 g/mol. The summed E-state index contributed by atoms with van der Waals surface area (Å²) < 4.78 is 5.48. The third-order valence-corrected chi connectivity index (χ3v) is 3.09. The average Bonchev–Trinajstić information content (AvgIpc) is 2.47. The fraction of sp³-hybridized carbons (Fsp3) is 0.312. The van der Waals surface area contributed by atoms with Gasteiger partial charge in [0, 0.05) is 24.9 Å². The van der Waals surface area contributed by atoms with Gasteiger partial charge in [0.05, 0.1) is 6.61 Å². The van der Waals surface area contributed by atoms with Gasteiger partial charge in [-0.25, -0.2) is 0 Å². The van der Waals surface area contributed by atoms with Crippen LogP contribution >= 0.6 is 0 Å². The van der Waals surface area contributed by atoms with Crippen molar-refractivity contribution in [2.75, 3.05) is 20.2 Å². The minimum absolute atomic E-state index is 0.314. The van der Waals surface area contributed by atoms with Crippen molar-refractivity contribution in [1.82, 2.24) is 10.3 Å². The van der Waals surface area contributed by atoms with Crippen LogP contribution in [0, 0.1) is 0 Å². The van der Waals surface area contributed by atoms with E-state index in [0.717, 1.165) is 12.3 Å². The molecular formula is C16H20N2O. The Morgan fingerprint density at radius 1 is 1.16 bits per heavy atom. The number of benzene rings is 1. The monoisotopic (exact) mass is 256 g/mol. The van der Waals surface area contributed by atoms with E-state index in [1.54, 1.807) is 6.20 Å². The number of nitrogens with one attached hydrogen (secondary N) is 1. The number of likely N-dealkylation sites (N-methyl/N-ethyl adjacent to an activating group) is 1. The van der Waals surface area contributed by atoms with Crippen LogP contribution in [0.3, 0.4) is 0 Å². The van der Waals surface area contributed by atoms with Gasteiger partial charge in [-0.1, -0.05) is 18.2 Å². The fourth-order valence-corrected chi connectivity index (χ4v) is 2.18. The summed E-state index contributed by atoms with van der Waals surface area (Å²) in [6.07, 6.45) is 3.73. The number of aromatic nitrogens is 1. The summed E-state index contributed by atoms with van der Waals surface area (Å²) in [5.41, 5.74) is 2.49. The molecule has 1 unspecified atom stereocenters. The van der Waals surface area contributed by atoms with Gasteiger partial charge >= 0.3 is 0 Å². The predicted octanol–water partition coefficient (Wildman–Crippen LogP) is 2.83. The lowest BCUT2D eigenvalue weighted by Gasteiger charge is -2.17. The van der Waals surface area contributed by atoms with Gasteiger partial charge in [0.1, 0.15) is 5.75 Å². The van der Waals surface area contributed by atoms with Crippen LogP contribution in [0.4, 0.5) is 0 Å². The lowest BCUT2D eigenvalue weighted by Crippen LogP contribution is -2.18. The normalized spacial score (nSPS) is 12.1. The molecule has 0 aliphatic heterocycles. The summed E-state index contributed by atoms with van der Waals surface area (Å²) >= 11 is 0. The van der Waals surface area contributed by atoms with Crippen molar-refractivity contribution in [2.24, 2.45) is 0 Å². The number of hydrogen-bond acceptors (Lipinski definition) is 3. The molecule has 0 saturated heterocycles. The second kappa shape index (κ2) is 6.90. The minimum Gasteiger partial charge on any atom is -0.494 e. The van der Waals surface area contributed by atoms with Crippen LogP contribution < -0.4 is 10.1 Å². The van der Waals surface area contributed by atoms with Crippen molar-refractivity contribution in [1.29, 1.82) is 0 Å². The maximum Gasteiger partial charge on any atom is 0.119 e. The Balaban J connectivity index is 2.24. The summed E-state index contributed by atoms with van der Waals surface area (Å²) in [6.45, 7) is 3.58. The smallest absolute Gasteiger partial charge is 0.119 e. The molecule has 0 saturated carbocycles. The molecule has 0 spiro atoms. The Labute approximate surface area is 114 Å². The van der Waals surface area contributed by atoms with E-state index in [1.165, 1.54) is 11.1 Å². The first-order valence-corrected chi connectivity index (χ1v) is 6.62. The van der Waals surface area contributed by atoms with E-state index in [9.17, 15) is 0 Å². The molecule has 1 atom stereocenters. The molecule has 1 heterocycles. The highest BCUT2D eigenvalue weighted by atomic mass is 16.5. The Hall–Kier alpha value is -1.87. The lowest BCUT2D eigenvalue weighted by atomic mass is 9.92. The summed E-state index contributed by atoms with van der Waals surface area (Å²) in [6, 6.07) is 12.4. The van der Waals surface area contributed by atoms with Crippen LogP contribution in [0.1, 0.15) is 24.0 Å². The van der Waals surface area contributed by atoms with Gasteiger partial charge in [0.2, 0.25) is 0 Å². The summed E-state index contributed by atoms with van der Waals surface area (Å²) in [5.74, 6) is 1.23. The number of rotatable bonds is 6. The molecule has 100 valence electrons. The van der Waals surface area contributed by atoms with Crippen LogP contribution in [0.25, 0.3) is 0 Å². The SMILES string of the molecule is CCOc1ccc(C(CNC)c2cccnc2)cc1. The first-order valence-electron chi connectivity index (χ1n) is 6.62. The van der Waals surface area contributed by atoms with E-state index >= 15 is 0 Å². The maximum atomic E-state index is 5.48. The molecule has 3 nitrogen and oxygen atoms in total. The van der Waals surface area contributed by atoms with Gasteiger partial charge in [-0.15, -0.1) is 0 Å². The highest BCUT2D eigenvalue weighted by Gasteiger charge is 2.13. The molecule has 1 aromatic heterocycles. The quantitative estimate of drug-likeness (QED) is 0.863. The standard InChI is InChI=1S/C16H20N2O/c1-3-19-15-8-6-13(7-9-15)16(12-17-2)14-5-4-10-18-11-14/h4-11,16-17H,3,12H2,1-2H3. The second-order valence-corrected chi connectivity index (χ2v) is 4.40. The predicted molar refractivity (Wildman–Crippen MR) is 77.6 cm³/mol. The number of ether oxygens (including phenoxy) is 1. The van der Waals surface area contributed by atoms with Crippen LogP contribution in [-0.4, -0.2) is 25.2 Å². The Morgan fingerprint density at radius 3 is 2.53 bits per heavy atom. The summed E-state index contributed by atoms with van der Waals surface area (Å²) in [5, 5.41) is 3.25. The molecule has 0 fully saturated rings. The fourth-order valence-electron chi connectivity index (χ4n) is 2.18. The Bertz CT molecular complexity index is 482. The molecule has 2 aromatic rings. The largest absolute Gasteiger partial charge is 0.494 e. The Kier molecular flexibility index (Phi) is 4.93. The minimum atomic E-state index is 0.314. The molecule has 1 aromatic carbocycles. The Morgan fingerprint density at radius 2 is 1.95 bits per heavy atom. The van der Waals surface area contributed by atoms with E-state index in [1.807, 2.05) is 38.4 Å². The molecule has 1 N–H and O–H groups in total. The highest BCUT2D eigenvalue weighted by molar-refractivity contribution is 5.35. The zero-order valence-electron chi connectivity index (χ0n) is 11.5. The van der Waals surface area contributed by atoms with Crippen molar-refractivity contribution >= 4 is 0 Å². The van der Waals surface area contributed by atoms with Crippen LogP contribution in [-0.2, 0) is 0 Å². The lowest BCUT2D eigenvalue weighted by molar-refractivity contribution is 0.340.